The highest BCUT2D eigenvalue weighted by molar-refractivity contribution is 5.76. The Bertz CT molecular complexity index is 614. The smallest absolute Gasteiger partial charge is 0.409 e. The summed E-state index contributed by atoms with van der Waals surface area (Å²) in [5.74, 6) is 0.658. The van der Waals surface area contributed by atoms with E-state index >= 15 is 0 Å². The zero-order chi connectivity index (χ0) is 19.1. The lowest BCUT2D eigenvalue weighted by molar-refractivity contribution is -0.133. The average Bonchev–Trinajstić information content (AvgIpc) is 2.73. The van der Waals surface area contributed by atoms with Crippen molar-refractivity contribution in [2.24, 2.45) is 5.92 Å². The van der Waals surface area contributed by atoms with E-state index in [0.29, 0.717) is 18.9 Å². The zero-order valence-electron chi connectivity index (χ0n) is 16.3. The summed E-state index contributed by atoms with van der Waals surface area (Å²) in [6.45, 7) is 5.91. The number of hydrogen-bond donors (Lipinski definition) is 0. The van der Waals surface area contributed by atoms with E-state index in [1.165, 1.54) is 12.7 Å². The number of carbonyl (C=O) groups is 2. The molecule has 6 nitrogen and oxygen atoms in total. The van der Waals surface area contributed by atoms with E-state index in [9.17, 15) is 9.59 Å². The first kappa shape index (κ1) is 19.7. The Morgan fingerprint density at radius 2 is 1.78 bits per heavy atom. The number of rotatable bonds is 5. The second-order valence-electron chi connectivity index (χ2n) is 7.61. The number of ether oxygens (including phenoxy) is 1. The van der Waals surface area contributed by atoms with Crippen LogP contribution in [0.2, 0.25) is 0 Å². The van der Waals surface area contributed by atoms with Gasteiger partial charge in [-0.2, -0.15) is 0 Å². The van der Waals surface area contributed by atoms with Crippen molar-refractivity contribution < 1.29 is 14.3 Å². The minimum atomic E-state index is -0.249. The predicted octanol–water partition coefficient (Wildman–Crippen LogP) is 2.59. The van der Waals surface area contributed by atoms with Gasteiger partial charge in [-0.1, -0.05) is 30.3 Å². The molecule has 0 radical (unpaired) electrons. The maximum absolute atomic E-state index is 12.6. The monoisotopic (exact) mass is 373 g/mol. The van der Waals surface area contributed by atoms with E-state index in [1.807, 2.05) is 11.0 Å². The van der Waals surface area contributed by atoms with Crippen LogP contribution in [0.4, 0.5) is 4.79 Å². The van der Waals surface area contributed by atoms with Crippen molar-refractivity contribution in [3.8, 4) is 0 Å². The van der Waals surface area contributed by atoms with E-state index in [-0.39, 0.29) is 12.0 Å². The molecule has 2 amide bonds. The van der Waals surface area contributed by atoms with Gasteiger partial charge in [-0.05, 0) is 30.7 Å². The molecule has 2 aliphatic rings. The lowest BCUT2D eigenvalue weighted by Gasteiger charge is -2.35. The van der Waals surface area contributed by atoms with Gasteiger partial charge in [-0.25, -0.2) is 4.79 Å². The maximum Gasteiger partial charge on any atom is 0.409 e. The van der Waals surface area contributed by atoms with Crippen LogP contribution in [-0.2, 0) is 16.1 Å². The molecule has 0 unspecified atom stereocenters. The lowest BCUT2D eigenvalue weighted by Crippen LogP contribution is -2.48. The van der Waals surface area contributed by atoms with Crippen molar-refractivity contribution in [1.82, 2.24) is 14.7 Å². The van der Waals surface area contributed by atoms with Gasteiger partial charge in [0.15, 0.2) is 0 Å². The molecule has 0 spiro atoms. The molecular weight excluding hydrogens is 342 g/mol. The van der Waals surface area contributed by atoms with Crippen LogP contribution in [0.3, 0.4) is 0 Å². The normalized spacial score (nSPS) is 21.1. The third-order valence-electron chi connectivity index (χ3n) is 5.69. The molecule has 0 saturated carbocycles. The number of methoxy groups -OCH3 is 1. The lowest BCUT2D eigenvalue weighted by atomic mass is 9.93. The summed E-state index contributed by atoms with van der Waals surface area (Å²) in [5.41, 5.74) is 1.32. The molecule has 0 N–H and O–H groups in total. The quantitative estimate of drug-likeness (QED) is 0.796. The summed E-state index contributed by atoms with van der Waals surface area (Å²) in [6, 6.07) is 10.5. The number of hydrogen-bond acceptors (Lipinski definition) is 4. The van der Waals surface area contributed by atoms with Crippen molar-refractivity contribution in [1.29, 1.82) is 0 Å². The summed E-state index contributed by atoms with van der Waals surface area (Å²) < 4.78 is 4.82. The van der Waals surface area contributed by atoms with Crippen molar-refractivity contribution in [2.45, 2.75) is 32.2 Å². The first-order valence-corrected chi connectivity index (χ1v) is 10.0. The second kappa shape index (κ2) is 9.74. The largest absolute Gasteiger partial charge is 0.453 e. The van der Waals surface area contributed by atoms with E-state index in [4.69, 9.17) is 4.74 Å². The average molecular weight is 373 g/mol. The summed E-state index contributed by atoms with van der Waals surface area (Å²) in [7, 11) is 1.42. The minimum absolute atomic E-state index is 0.249. The molecule has 0 aromatic heterocycles. The number of nitrogens with zero attached hydrogens (tertiary/aromatic N) is 3. The highest BCUT2D eigenvalue weighted by atomic mass is 16.5. The Labute approximate surface area is 162 Å². The molecule has 1 atom stereocenters. The molecule has 148 valence electrons. The van der Waals surface area contributed by atoms with E-state index in [1.54, 1.807) is 4.90 Å². The first-order valence-electron chi connectivity index (χ1n) is 10.0. The molecule has 2 heterocycles. The summed E-state index contributed by atoms with van der Waals surface area (Å²) in [4.78, 5) is 30.4. The van der Waals surface area contributed by atoms with Crippen molar-refractivity contribution in [3.63, 3.8) is 0 Å². The highest BCUT2D eigenvalue weighted by Crippen LogP contribution is 2.22. The first-order chi connectivity index (χ1) is 13.2. The maximum atomic E-state index is 12.6. The molecule has 6 heteroatoms. The molecule has 2 fully saturated rings. The van der Waals surface area contributed by atoms with Crippen LogP contribution in [-0.4, -0.2) is 73.1 Å². The number of benzene rings is 1. The van der Waals surface area contributed by atoms with Gasteiger partial charge in [-0.15, -0.1) is 0 Å². The van der Waals surface area contributed by atoms with Crippen molar-refractivity contribution in [2.75, 3.05) is 46.4 Å². The van der Waals surface area contributed by atoms with Gasteiger partial charge in [0, 0.05) is 52.2 Å². The third-order valence-corrected chi connectivity index (χ3v) is 5.69. The van der Waals surface area contributed by atoms with Gasteiger partial charge < -0.3 is 14.5 Å². The molecule has 3 rings (SSSR count). The van der Waals surface area contributed by atoms with Crippen LogP contribution in [0.15, 0.2) is 30.3 Å². The number of amides is 2. The van der Waals surface area contributed by atoms with Crippen molar-refractivity contribution >= 4 is 12.0 Å². The van der Waals surface area contributed by atoms with Crippen LogP contribution >= 0.6 is 0 Å². The zero-order valence-corrected chi connectivity index (χ0v) is 16.3. The van der Waals surface area contributed by atoms with Gasteiger partial charge in [0.1, 0.15) is 0 Å². The molecule has 2 saturated heterocycles. The van der Waals surface area contributed by atoms with Gasteiger partial charge in [0.25, 0.3) is 0 Å². The second-order valence-corrected chi connectivity index (χ2v) is 7.61. The predicted molar refractivity (Wildman–Crippen MR) is 104 cm³/mol. The van der Waals surface area contributed by atoms with Crippen LogP contribution in [0.5, 0.6) is 0 Å². The van der Waals surface area contributed by atoms with Crippen molar-refractivity contribution in [3.05, 3.63) is 35.9 Å². The number of piperazine rings is 1. The van der Waals surface area contributed by atoms with Gasteiger partial charge in [-0.3, -0.25) is 9.69 Å². The van der Waals surface area contributed by atoms with Gasteiger partial charge in [0.2, 0.25) is 5.91 Å². The molecule has 0 aliphatic carbocycles. The number of piperidine rings is 1. The Balaban J connectivity index is 1.37. The SMILES string of the molecule is COC(=O)N1CCC[C@@H](CCC(=O)N2CCN(Cc3ccccc3)CC2)C1. The number of carbonyl (C=O) groups excluding carboxylic acids is 2. The fourth-order valence-corrected chi connectivity index (χ4v) is 4.08. The highest BCUT2D eigenvalue weighted by Gasteiger charge is 2.26. The van der Waals surface area contributed by atoms with Crippen LogP contribution in [0.1, 0.15) is 31.2 Å². The molecule has 2 aliphatic heterocycles. The summed E-state index contributed by atoms with van der Waals surface area (Å²) >= 11 is 0. The third kappa shape index (κ3) is 5.70. The van der Waals surface area contributed by atoms with E-state index in [2.05, 4.69) is 29.2 Å². The van der Waals surface area contributed by atoms with Crippen LogP contribution in [0, 0.1) is 5.92 Å². The standard InChI is InChI=1S/C21H31N3O3/c1-27-21(26)24-11-5-8-19(17-24)9-10-20(25)23-14-12-22(13-15-23)16-18-6-3-2-4-7-18/h2-4,6-7,19H,5,8-17H2,1H3/t19-/m0/s1. The fraction of sp³-hybridized carbons (Fsp3) is 0.619. The van der Waals surface area contributed by atoms with E-state index < -0.39 is 0 Å². The van der Waals surface area contributed by atoms with Gasteiger partial charge >= 0.3 is 6.09 Å². The Morgan fingerprint density at radius 3 is 2.48 bits per heavy atom. The molecule has 0 bridgehead atoms. The molecule has 1 aromatic rings. The summed E-state index contributed by atoms with van der Waals surface area (Å²) in [6.07, 6.45) is 3.27. The molecule has 1 aromatic carbocycles. The molecular formula is C21H31N3O3. The van der Waals surface area contributed by atoms with Crippen LogP contribution < -0.4 is 0 Å². The Hall–Kier alpha value is -2.08. The Morgan fingerprint density at radius 1 is 1.04 bits per heavy atom. The number of likely N-dealkylation sites (tertiary alicyclic amines) is 1. The molecule has 27 heavy (non-hydrogen) atoms. The fourth-order valence-electron chi connectivity index (χ4n) is 4.08. The van der Waals surface area contributed by atoms with Gasteiger partial charge in [0.05, 0.1) is 7.11 Å². The summed E-state index contributed by atoms with van der Waals surface area (Å²) in [5, 5.41) is 0. The Kier molecular flexibility index (Phi) is 7.10. The van der Waals surface area contributed by atoms with Crippen LogP contribution in [0.25, 0.3) is 0 Å². The minimum Gasteiger partial charge on any atom is -0.453 e. The topological polar surface area (TPSA) is 53.1 Å². The van der Waals surface area contributed by atoms with E-state index in [0.717, 1.165) is 58.5 Å².